The molecule has 0 aromatic heterocycles. The Morgan fingerprint density at radius 2 is 1.30 bits per heavy atom. The lowest BCUT2D eigenvalue weighted by molar-refractivity contribution is -0.115. The molecule has 0 aliphatic heterocycles. The molecule has 4 nitrogen and oxygen atoms in total. The van der Waals surface area contributed by atoms with Gasteiger partial charge in [-0.2, -0.15) is 0 Å². The first-order valence-corrected chi connectivity index (χ1v) is 7.60. The normalized spacial score (nSPS) is 17.2. The van der Waals surface area contributed by atoms with Gasteiger partial charge in [0.25, 0.3) is 0 Å². The Bertz CT molecular complexity index is 280. The molecule has 4 heteroatoms. The maximum atomic E-state index is 10.5. The predicted octanol–water partition coefficient (Wildman–Crippen LogP) is 3.32. The van der Waals surface area contributed by atoms with Crippen molar-refractivity contribution in [3.05, 3.63) is 0 Å². The van der Waals surface area contributed by atoms with Gasteiger partial charge in [-0.25, -0.2) is 0 Å². The Hall–Kier alpha value is -0.740. The Kier molecular flexibility index (Phi) is 9.68. The number of hydrogen-bond acceptors (Lipinski definition) is 4. The van der Waals surface area contributed by atoms with Gasteiger partial charge in [0.2, 0.25) is 0 Å². The Morgan fingerprint density at radius 3 is 1.80 bits per heavy atom. The fraction of sp³-hybridized carbons (Fsp3) is 0.875. The molecule has 0 aromatic carbocycles. The van der Waals surface area contributed by atoms with Gasteiger partial charge in [0.05, 0.1) is 24.4 Å². The second-order valence-corrected chi connectivity index (χ2v) is 5.71. The summed E-state index contributed by atoms with van der Waals surface area (Å²) in [7, 11) is 0. The van der Waals surface area contributed by atoms with Crippen molar-refractivity contribution in [1.29, 1.82) is 0 Å². The smallest absolute Gasteiger partial charge is 0.122 e. The van der Waals surface area contributed by atoms with Crippen LogP contribution >= 0.6 is 0 Å². The molecule has 2 unspecified atom stereocenters. The molecular weight excluding hydrogens is 256 g/mol. The topological polar surface area (TPSA) is 52.6 Å². The molecule has 0 aliphatic rings. The van der Waals surface area contributed by atoms with Crippen LogP contribution in [-0.4, -0.2) is 37.0 Å². The third-order valence-electron chi connectivity index (χ3n) is 4.05. The summed E-state index contributed by atoms with van der Waals surface area (Å²) in [5.41, 5.74) is -0.485. The predicted molar refractivity (Wildman–Crippen MR) is 79.9 cm³/mol. The lowest BCUT2D eigenvalue weighted by Crippen LogP contribution is -2.34. The molecule has 0 aliphatic carbocycles. The highest BCUT2D eigenvalue weighted by Gasteiger charge is 2.26. The summed E-state index contributed by atoms with van der Waals surface area (Å²) >= 11 is 0. The second-order valence-electron chi connectivity index (χ2n) is 5.71. The number of hydrogen-bond donors (Lipinski definition) is 0. The average Bonchev–Trinajstić information content (AvgIpc) is 2.45. The maximum Gasteiger partial charge on any atom is 0.122 e. The quantitative estimate of drug-likeness (QED) is 0.385. The Morgan fingerprint density at radius 1 is 0.800 bits per heavy atom. The van der Waals surface area contributed by atoms with Gasteiger partial charge in [0.1, 0.15) is 12.6 Å². The van der Waals surface area contributed by atoms with Crippen molar-refractivity contribution in [2.75, 3.05) is 13.2 Å². The number of rotatable bonds is 13. The van der Waals surface area contributed by atoms with E-state index in [1.165, 1.54) is 0 Å². The fourth-order valence-corrected chi connectivity index (χ4v) is 1.93. The van der Waals surface area contributed by atoms with Crippen molar-refractivity contribution < 1.29 is 19.1 Å². The second kappa shape index (κ2) is 10.1. The number of aldehydes is 2. The van der Waals surface area contributed by atoms with Gasteiger partial charge < -0.3 is 19.1 Å². The zero-order valence-corrected chi connectivity index (χ0v) is 13.4. The van der Waals surface area contributed by atoms with Crippen LogP contribution in [0, 0.1) is 0 Å². The molecule has 0 aromatic rings. The van der Waals surface area contributed by atoms with E-state index in [-0.39, 0.29) is 11.2 Å². The lowest BCUT2D eigenvalue weighted by atomic mass is 9.96. The van der Waals surface area contributed by atoms with E-state index < -0.39 is 0 Å². The lowest BCUT2D eigenvalue weighted by Gasteiger charge is -2.32. The van der Waals surface area contributed by atoms with Gasteiger partial charge in [0, 0.05) is 12.8 Å². The highest BCUT2D eigenvalue weighted by molar-refractivity contribution is 5.49. The van der Waals surface area contributed by atoms with Crippen LogP contribution in [0.5, 0.6) is 0 Å². The zero-order valence-electron chi connectivity index (χ0n) is 13.4. The highest BCUT2D eigenvalue weighted by atomic mass is 16.5. The monoisotopic (exact) mass is 286 g/mol. The maximum absolute atomic E-state index is 10.5. The van der Waals surface area contributed by atoms with Crippen molar-refractivity contribution in [2.45, 2.75) is 77.4 Å². The third kappa shape index (κ3) is 7.75. The van der Waals surface area contributed by atoms with Crippen LogP contribution in [-0.2, 0) is 19.1 Å². The van der Waals surface area contributed by atoms with Gasteiger partial charge in [-0.3, -0.25) is 0 Å². The van der Waals surface area contributed by atoms with E-state index in [1.807, 2.05) is 6.92 Å². The fourth-order valence-electron chi connectivity index (χ4n) is 1.93. The zero-order chi connectivity index (χ0) is 15.5. The van der Waals surface area contributed by atoms with Crippen molar-refractivity contribution in [1.82, 2.24) is 0 Å². The molecule has 0 saturated heterocycles. The molecule has 20 heavy (non-hydrogen) atoms. The van der Waals surface area contributed by atoms with E-state index in [9.17, 15) is 9.59 Å². The molecule has 0 saturated carbocycles. The average molecular weight is 286 g/mol. The van der Waals surface area contributed by atoms with E-state index in [0.717, 1.165) is 38.3 Å². The van der Waals surface area contributed by atoms with E-state index in [2.05, 4.69) is 20.8 Å². The van der Waals surface area contributed by atoms with Crippen LogP contribution in [0.3, 0.4) is 0 Å². The summed E-state index contributed by atoms with van der Waals surface area (Å²) in [6, 6.07) is 0. The Labute approximate surface area is 123 Å². The minimum absolute atomic E-state index is 0.238. The largest absolute Gasteiger partial charge is 0.375 e. The molecule has 2 atom stereocenters. The van der Waals surface area contributed by atoms with Gasteiger partial charge in [-0.05, 0) is 39.5 Å². The van der Waals surface area contributed by atoms with Crippen molar-refractivity contribution in [3.63, 3.8) is 0 Å². The summed E-state index contributed by atoms with van der Waals surface area (Å²) in [5, 5.41) is 0. The van der Waals surface area contributed by atoms with Crippen LogP contribution in [0.15, 0.2) is 0 Å². The van der Waals surface area contributed by atoms with Crippen molar-refractivity contribution >= 4 is 12.6 Å². The first kappa shape index (κ1) is 19.3. The van der Waals surface area contributed by atoms with Crippen molar-refractivity contribution in [2.24, 2.45) is 0 Å². The number of carbonyl (C=O) groups is 2. The van der Waals surface area contributed by atoms with Gasteiger partial charge in [0.15, 0.2) is 0 Å². The van der Waals surface area contributed by atoms with Gasteiger partial charge in [-0.15, -0.1) is 0 Å². The molecule has 0 fully saturated rings. The van der Waals surface area contributed by atoms with Crippen LogP contribution < -0.4 is 0 Å². The van der Waals surface area contributed by atoms with Crippen molar-refractivity contribution in [3.8, 4) is 0 Å². The minimum Gasteiger partial charge on any atom is -0.375 e. The van der Waals surface area contributed by atoms with Crippen LogP contribution in [0.25, 0.3) is 0 Å². The molecular formula is C16H30O4. The van der Waals surface area contributed by atoms with Crippen LogP contribution in [0.2, 0.25) is 0 Å². The number of carbonyl (C=O) groups excluding carboxylic acids is 2. The molecule has 0 spiro atoms. The molecule has 0 amide bonds. The standard InChI is InChI=1S/C16H30O4/c1-5-15(3,9-7-11-17)20-14-10-16(4,6-2)19-13-8-12-18/h11-12H,5-10,13-14H2,1-4H3. The molecule has 0 bridgehead atoms. The molecule has 0 N–H and O–H groups in total. The van der Waals surface area contributed by atoms with Crippen LogP contribution in [0.1, 0.15) is 66.2 Å². The van der Waals surface area contributed by atoms with E-state index >= 15 is 0 Å². The summed E-state index contributed by atoms with van der Waals surface area (Å²) in [4.78, 5) is 20.8. The minimum atomic E-state index is -0.248. The van der Waals surface area contributed by atoms with Gasteiger partial charge >= 0.3 is 0 Å². The SMILES string of the molecule is CCC(C)(CCC=O)OCCC(C)(CC)OCCC=O. The molecule has 0 heterocycles. The first-order valence-electron chi connectivity index (χ1n) is 7.60. The molecule has 0 rings (SSSR count). The van der Waals surface area contributed by atoms with Crippen LogP contribution in [0.4, 0.5) is 0 Å². The molecule has 118 valence electrons. The van der Waals surface area contributed by atoms with E-state index in [1.54, 1.807) is 0 Å². The molecule has 0 radical (unpaired) electrons. The van der Waals surface area contributed by atoms with E-state index in [4.69, 9.17) is 9.47 Å². The van der Waals surface area contributed by atoms with E-state index in [0.29, 0.717) is 26.1 Å². The third-order valence-corrected chi connectivity index (χ3v) is 4.05. The number of ether oxygens (including phenoxy) is 2. The summed E-state index contributed by atoms with van der Waals surface area (Å²) < 4.78 is 11.8. The summed E-state index contributed by atoms with van der Waals surface area (Å²) in [6.45, 7) is 9.32. The summed E-state index contributed by atoms with van der Waals surface area (Å²) in [6.07, 6.45) is 6.09. The highest BCUT2D eigenvalue weighted by Crippen LogP contribution is 2.25. The Balaban J connectivity index is 4.20. The summed E-state index contributed by atoms with van der Waals surface area (Å²) in [5.74, 6) is 0. The first-order chi connectivity index (χ1) is 9.45. The van der Waals surface area contributed by atoms with Gasteiger partial charge in [-0.1, -0.05) is 13.8 Å².